The van der Waals surface area contributed by atoms with Crippen LogP contribution in [0.15, 0.2) is 65.2 Å². The summed E-state index contributed by atoms with van der Waals surface area (Å²) in [5.41, 5.74) is 9.43. The third-order valence-corrected chi connectivity index (χ3v) is 5.44. The molecule has 28 heavy (non-hydrogen) atoms. The summed E-state index contributed by atoms with van der Waals surface area (Å²) in [6.07, 6.45) is 3.66. The zero-order valence-electron chi connectivity index (χ0n) is 15.4. The summed E-state index contributed by atoms with van der Waals surface area (Å²) in [5, 5.41) is 3.09. The molecular formula is C20H23IN6S. The van der Waals surface area contributed by atoms with Crippen molar-refractivity contribution in [3.63, 3.8) is 0 Å². The molecule has 4 rings (SSSR count). The number of aliphatic imine (C=N–C) groups is 1. The Kier molecular flexibility index (Phi) is 7.21. The molecule has 2 aromatic heterocycles. The SMILES string of the molecule is I.NC(=NCc1cccc(-c2ccccn2)c1)N1CCN(c2nccs2)CC1. The van der Waals surface area contributed by atoms with Gasteiger partial charge in [-0.05, 0) is 23.8 Å². The van der Waals surface area contributed by atoms with Crippen molar-refractivity contribution >= 4 is 46.4 Å². The highest BCUT2D eigenvalue weighted by Gasteiger charge is 2.19. The molecule has 0 aliphatic carbocycles. The molecule has 1 aliphatic heterocycles. The Morgan fingerprint density at radius 2 is 1.89 bits per heavy atom. The summed E-state index contributed by atoms with van der Waals surface area (Å²) in [7, 11) is 0. The maximum absolute atomic E-state index is 6.24. The normalized spacial score (nSPS) is 14.6. The summed E-state index contributed by atoms with van der Waals surface area (Å²) in [6, 6.07) is 14.2. The molecule has 1 aromatic carbocycles. The lowest BCUT2D eigenvalue weighted by Crippen LogP contribution is -2.51. The zero-order valence-corrected chi connectivity index (χ0v) is 18.6. The van der Waals surface area contributed by atoms with Gasteiger partial charge in [-0.1, -0.05) is 24.3 Å². The van der Waals surface area contributed by atoms with Gasteiger partial charge in [0, 0.05) is 49.5 Å². The molecule has 0 amide bonds. The minimum absolute atomic E-state index is 0. The van der Waals surface area contributed by atoms with Crippen molar-refractivity contribution in [3.05, 3.63) is 65.8 Å². The van der Waals surface area contributed by atoms with Crippen LogP contribution in [0, 0.1) is 0 Å². The number of guanidine groups is 1. The van der Waals surface area contributed by atoms with Crippen LogP contribution in [0.3, 0.4) is 0 Å². The first-order chi connectivity index (χ1) is 13.3. The van der Waals surface area contributed by atoms with Gasteiger partial charge >= 0.3 is 0 Å². The standard InChI is InChI=1S/C20H22N6S.HI/c21-19(25-9-11-26(12-10-25)20-23-8-13-27-20)24-15-16-4-3-5-17(14-16)18-6-1-2-7-22-18;/h1-8,13-14H,9-12,15H2,(H2,21,24);1H. The number of halogens is 1. The summed E-state index contributed by atoms with van der Waals surface area (Å²) < 4.78 is 0. The van der Waals surface area contributed by atoms with Crippen molar-refractivity contribution < 1.29 is 0 Å². The van der Waals surface area contributed by atoms with Crippen molar-refractivity contribution in [2.24, 2.45) is 10.7 Å². The van der Waals surface area contributed by atoms with Crippen molar-refractivity contribution in [2.75, 3.05) is 31.1 Å². The largest absolute Gasteiger partial charge is 0.370 e. The second-order valence-electron chi connectivity index (χ2n) is 6.38. The number of hydrogen-bond donors (Lipinski definition) is 1. The predicted octanol–water partition coefficient (Wildman–Crippen LogP) is 3.46. The van der Waals surface area contributed by atoms with Gasteiger partial charge in [-0.25, -0.2) is 9.98 Å². The molecule has 2 N–H and O–H groups in total. The first-order valence-electron chi connectivity index (χ1n) is 8.99. The van der Waals surface area contributed by atoms with Crippen molar-refractivity contribution in [1.82, 2.24) is 14.9 Å². The minimum atomic E-state index is 0. The summed E-state index contributed by atoms with van der Waals surface area (Å²) in [6.45, 7) is 4.13. The van der Waals surface area contributed by atoms with Crippen LogP contribution in [0.2, 0.25) is 0 Å². The van der Waals surface area contributed by atoms with E-state index in [1.54, 1.807) is 11.3 Å². The van der Waals surface area contributed by atoms with Gasteiger partial charge in [-0.2, -0.15) is 0 Å². The van der Waals surface area contributed by atoms with Crippen LogP contribution in [0.25, 0.3) is 11.3 Å². The molecule has 0 bridgehead atoms. The van der Waals surface area contributed by atoms with E-state index in [0.29, 0.717) is 12.5 Å². The Balaban J connectivity index is 0.00000225. The van der Waals surface area contributed by atoms with Crippen LogP contribution in [-0.4, -0.2) is 47.0 Å². The van der Waals surface area contributed by atoms with Crippen molar-refractivity contribution in [1.29, 1.82) is 0 Å². The smallest absolute Gasteiger partial charge is 0.191 e. The number of pyridine rings is 1. The first kappa shape index (κ1) is 20.5. The molecule has 146 valence electrons. The molecule has 3 heterocycles. The van der Waals surface area contributed by atoms with Crippen molar-refractivity contribution in [2.45, 2.75) is 6.54 Å². The van der Waals surface area contributed by atoms with Gasteiger partial charge in [-0.3, -0.25) is 4.98 Å². The number of rotatable bonds is 4. The Morgan fingerprint density at radius 3 is 2.61 bits per heavy atom. The van der Waals surface area contributed by atoms with E-state index in [1.165, 1.54) is 0 Å². The molecule has 6 nitrogen and oxygen atoms in total. The van der Waals surface area contributed by atoms with E-state index in [4.69, 9.17) is 5.73 Å². The third-order valence-electron chi connectivity index (χ3n) is 4.60. The highest BCUT2D eigenvalue weighted by Crippen LogP contribution is 2.20. The van der Waals surface area contributed by atoms with Crippen LogP contribution >= 0.6 is 35.3 Å². The molecule has 1 fully saturated rings. The number of anilines is 1. The van der Waals surface area contributed by atoms with E-state index in [0.717, 1.165) is 48.1 Å². The van der Waals surface area contributed by atoms with Crippen LogP contribution in [-0.2, 0) is 6.54 Å². The van der Waals surface area contributed by atoms with E-state index < -0.39 is 0 Å². The summed E-state index contributed by atoms with van der Waals surface area (Å²) in [5.74, 6) is 0.608. The molecule has 0 radical (unpaired) electrons. The quantitative estimate of drug-likeness (QED) is 0.334. The average Bonchev–Trinajstić information content (AvgIpc) is 3.28. The highest BCUT2D eigenvalue weighted by atomic mass is 127. The second-order valence-corrected chi connectivity index (χ2v) is 7.25. The zero-order chi connectivity index (χ0) is 18.5. The summed E-state index contributed by atoms with van der Waals surface area (Å²) in [4.78, 5) is 17.8. The molecule has 0 unspecified atom stereocenters. The fraction of sp³-hybridized carbons (Fsp3) is 0.250. The third kappa shape index (κ3) is 4.99. The maximum atomic E-state index is 6.24. The Labute approximate surface area is 186 Å². The molecule has 0 saturated carbocycles. The fourth-order valence-electron chi connectivity index (χ4n) is 3.13. The van der Waals surface area contributed by atoms with Crippen LogP contribution < -0.4 is 10.6 Å². The Bertz CT molecular complexity index is 892. The molecular weight excluding hydrogens is 483 g/mol. The predicted molar refractivity (Wildman–Crippen MR) is 126 cm³/mol. The molecule has 1 aliphatic rings. The number of benzene rings is 1. The Morgan fingerprint density at radius 1 is 1.04 bits per heavy atom. The molecule has 0 spiro atoms. The van der Waals surface area contributed by atoms with Gasteiger partial charge in [0.25, 0.3) is 0 Å². The molecule has 0 atom stereocenters. The summed E-state index contributed by atoms with van der Waals surface area (Å²) >= 11 is 1.68. The van der Waals surface area contributed by atoms with E-state index >= 15 is 0 Å². The number of aromatic nitrogens is 2. The van der Waals surface area contributed by atoms with Crippen molar-refractivity contribution in [3.8, 4) is 11.3 Å². The number of nitrogens with two attached hydrogens (primary N) is 1. The topological polar surface area (TPSA) is 70.6 Å². The van der Waals surface area contributed by atoms with E-state index in [9.17, 15) is 0 Å². The number of thiazole rings is 1. The van der Waals surface area contributed by atoms with Crippen LogP contribution in [0.5, 0.6) is 0 Å². The first-order valence-corrected chi connectivity index (χ1v) is 9.87. The number of hydrogen-bond acceptors (Lipinski definition) is 5. The molecule has 3 aromatic rings. The number of piperazine rings is 1. The lowest BCUT2D eigenvalue weighted by atomic mass is 10.1. The highest BCUT2D eigenvalue weighted by molar-refractivity contribution is 14.0. The van der Waals surface area contributed by atoms with Gasteiger partial charge in [0.05, 0.1) is 12.2 Å². The molecule has 8 heteroatoms. The van der Waals surface area contributed by atoms with Crippen LogP contribution in [0.4, 0.5) is 5.13 Å². The Hall–Kier alpha value is -2.20. The van der Waals surface area contributed by atoms with E-state index in [1.807, 2.05) is 42.0 Å². The maximum Gasteiger partial charge on any atom is 0.191 e. The van der Waals surface area contributed by atoms with Gasteiger partial charge in [0.1, 0.15) is 0 Å². The average molecular weight is 506 g/mol. The monoisotopic (exact) mass is 506 g/mol. The van der Waals surface area contributed by atoms with E-state index in [2.05, 4.69) is 43.0 Å². The van der Waals surface area contributed by atoms with E-state index in [-0.39, 0.29) is 24.0 Å². The second kappa shape index (κ2) is 9.83. The minimum Gasteiger partial charge on any atom is -0.370 e. The number of nitrogens with zero attached hydrogens (tertiary/aromatic N) is 5. The van der Waals surface area contributed by atoms with Gasteiger partial charge < -0.3 is 15.5 Å². The fourth-order valence-corrected chi connectivity index (χ4v) is 3.83. The van der Waals surface area contributed by atoms with Gasteiger partial charge in [0.15, 0.2) is 11.1 Å². The van der Waals surface area contributed by atoms with Gasteiger partial charge in [-0.15, -0.1) is 35.3 Å². The van der Waals surface area contributed by atoms with Crippen LogP contribution in [0.1, 0.15) is 5.56 Å². The van der Waals surface area contributed by atoms with Gasteiger partial charge in [0.2, 0.25) is 0 Å². The lowest BCUT2D eigenvalue weighted by Gasteiger charge is -2.35. The lowest BCUT2D eigenvalue weighted by molar-refractivity contribution is 0.380. The molecule has 1 saturated heterocycles.